The molecule has 1 aromatic carbocycles. The number of rotatable bonds is 3. The smallest absolute Gasteiger partial charge is 0.0791 e. The van der Waals surface area contributed by atoms with Crippen LogP contribution in [0.4, 0.5) is 0 Å². The fourth-order valence-corrected chi connectivity index (χ4v) is 0.914. The van der Waals surface area contributed by atoms with Crippen molar-refractivity contribution >= 4 is 0 Å². The lowest BCUT2D eigenvalue weighted by Crippen LogP contribution is -2.36. The van der Waals surface area contributed by atoms with Crippen LogP contribution in [0.1, 0.15) is 12.5 Å². The van der Waals surface area contributed by atoms with Crippen molar-refractivity contribution in [2.24, 2.45) is 5.73 Å². The molecule has 1 unspecified atom stereocenters. The predicted molar refractivity (Wildman–Crippen MR) is 47.4 cm³/mol. The van der Waals surface area contributed by atoms with Gasteiger partial charge in [-0.3, -0.25) is 0 Å². The van der Waals surface area contributed by atoms with Crippen molar-refractivity contribution in [1.29, 1.82) is 0 Å². The Labute approximate surface area is 72.4 Å². The van der Waals surface area contributed by atoms with Crippen LogP contribution in [0.3, 0.4) is 0 Å². The molecule has 0 heterocycles. The second-order valence-electron chi connectivity index (χ2n) is 2.82. The van der Waals surface area contributed by atoms with Crippen LogP contribution in [0.15, 0.2) is 30.3 Å². The minimum absolute atomic E-state index is 0.329. The lowest BCUT2D eigenvalue weighted by Gasteiger charge is -2.18. The SMILES string of the molecule is CC(N)N(O)Cc1ccccc1. The molecule has 0 fully saturated rings. The third-order valence-corrected chi connectivity index (χ3v) is 1.66. The highest BCUT2D eigenvalue weighted by Gasteiger charge is 2.05. The molecule has 1 atom stereocenters. The second kappa shape index (κ2) is 4.21. The molecular weight excluding hydrogens is 152 g/mol. The highest BCUT2D eigenvalue weighted by molar-refractivity contribution is 5.14. The first-order valence-corrected chi connectivity index (χ1v) is 3.95. The maximum atomic E-state index is 9.29. The van der Waals surface area contributed by atoms with Gasteiger partial charge < -0.3 is 10.9 Å². The summed E-state index contributed by atoms with van der Waals surface area (Å²) in [7, 11) is 0. The molecule has 0 bridgehead atoms. The number of nitrogens with zero attached hydrogens (tertiary/aromatic N) is 1. The van der Waals surface area contributed by atoms with E-state index in [-0.39, 0.29) is 6.17 Å². The van der Waals surface area contributed by atoms with Gasteiger partial charge in [0.15, 0.2) is 0 Å². The third kappa shape index (κ3) is 2.62. The largest absolute Gasteiger partial charge is 0.314 e. The normalized spacial score (nSPS) is 13.3. The summed E-state index contributed by atoms with van der Waals surface area (Å²) in [5.74, 6) is 0. The second-order valence-corrected chi connectivity index (χ2v) is 2.82. The molecule has 3 nitrogen and oxygen atoms in total. The van der Waals surface area contributed by atoms with Gasteiger partial charge in [0.1, 0.15) is 0 Å². The predicted octanol–water partition coefficient (Wildman–Crippen LogP) is 1.18. The average Bonchev–Trinajstić information content (AvgIpc) is 2.06. The summed E-state index contributed by atoms with van der Waals surface area (Å²) in [6.45, 7) is 2.21. The van der Waals surface area contributed by atoms with E-state index in [1.807, 2.05) is 30.3 Å². The molecular formula is C9H14N2O. The molecule has 1 aromatic rings. The average molecular weight is 166 g/mol. The zero-order chi connectivity index (χ0) is 8.97. The Balaban J connectivity index is 2.53. The van der Waals surface area contributed by atoms with Crippen LogP contribution in [-0.4, -0.2) is 16.4 Å². The van der Waals surface area contributed by atoms with E-state index in [0.29, 0.717) is 6.54 Å². The van der Waals surface area contributed by atoms with Crippen molar-refractivity contribution in [1.82, 2.24) is 5.06 Å². The fourth-order valence-electron chi connectivity index (χ4n) is 0.914. The Kier molecular flexibility index (Phi) is 3.22. The van der Waals surface area contributed by atoms with Gasteiger partial charge in [-0.05, 0) is 12.5 Å². The Hall–Kier alpha value is -0.900. The van der Waals surface area contributed by atoms with Crippen LogP contribution < -0.4 is 5.73 Å². The summed E-state index contributed by atoms with van der Waals surface area (Å²) in [5, 5.41) is 10.4. The number of nitrogens with two attached hydrogens (primary N) is 1. The first-order valence-electron chi connectivity index (χ1n) is 3.95. The molecule has 0 aliphatic heterocycles. The monoisotopic (exact) mass is 166 g/mol. The van der Waals surface area contributed by atoms with Crippen molar-refractivity contribution in [2.75, 3.05) is 0 Å². The lowest BCUT2D eigenvalue weighted by atomic mass is 10.2. The molecule has 0 aliphatic carbocycles. The van der Waals surface area contributed by atoms with E-state index in [9.17, 15) is 5.21 Å². The van der Waals surface area contributed by atoms with E-state index in [1.165, 1.54) is 0 Å². The molecule has 1 rings (SSSR count). The lowest BCUT2D eigenvalue weighted by molar-refractivity contribution is -0.128. The van der Waals surface area contributed by atoms with Gasteiger partial charge in [-0.15, -0.1) is 0 Å². The van der Waals surface area contributed by atoms with E-state index in [4.69, 9.17) is 5.73 Å². The van der Waals surface area contributed by atoms with Gasteiger partial charge in [-0.2, -0.15) is 5.06 Å². The quantitative estimate of drug-likeness (QED) is 0.523. The standard InChI is InChI=1S/C9H14N2O/c1-8(10)11(12)7-9-5-3-2-4-6-9/h2-6,8,12H,7,10H2,1H3. The molecule has 0 saturated heterocycles. The van der Waals surface area contributed by atoms with E-state index in [2.05, 4.69) is 0 Å². The molecule has 3 heteroatoms. The summed E-state index contributed by atoms with van der Waals surface area (Å²) in [6.07, 6.45) is -0.329. The minimum Gasteiger partial charge on any atom is -0.314 e. The van der Waals surface area contributed by atoms with E-state index < -0.39 is 0 Å². The van der Waals surface area contributed by atoms with Gasteiger partial charge >= 0.3 is 0 Å². The molecule has 0 aliphatic rings. The van der Waals surface area contributed by atoms with Crippen LogP contribution in [0.25, 0.3) is 0 Å². The molecule has 0 radical (unpaired) electrons. The van der Waals surface area contributed by atoms with Crippen molar-refractivity contribution < 1.29 is 5.21 Å². The van der Waals surface area contributed by atoms with E-state index in [1.54, 1.807) is 6.92 Å². The number of hydrogen-bond acceptors (Lipinski definition) is 3. The summed E-state index contributed by atoms with van der Waals surface area (Å²) >= 11 is 0. The first-order chi connectivity index (χ1) is 5.70. The number of hydroxylamine groups is 2. The summed E-state index contributed by atoms with van der Waals surface area (Å²) in [4.78, 5) is 0. The molecule has 0 saturated carbocycles. The number of benzene rings is 1. The Morgan fingerprint density at radius 3 is 2.50 bits per heavy atom. The molecule has 0 aromatic heterocycles. The Morgan fingerprint density at radius 1 is 1.42 bits per heavy atom. The van der Waals surface area contributed by atoms with Gasteiger partial charge in [0.2, 0.25) is 0 Å². The van der Waals surface area contributed by atoms with Crippen molar-refractivity contribution in [3.8, 4) is 0 Å². The zero-order valence-electron chi connectivity index (χ0n) is 7.14. The fraction of sp³-hybridized carbons (Fsp3) is 0.333. The zero-order valence-corrected chi connectivity index (χ0v) is 7.14. The Morgan fingerprint density at radius 2 is 2.00 bits per heavy atom. The summed E-state index contributed by atoms with van der Waals surface area (Å²) < 4.78 is 0. The van der Waals surface area contributed by atoms with Crippen molar-refractivity contribution in [2.45, 2.75) is 19.6 Å². The maximum absolute atomic E-state index is 9.29. The van der Waals surface area contributed by atoms with E-state index >= 15 is 0 Å². The van der Waals surface area contributed by atoms with E-state index in [0.717, 1.165) is 10.6 Å². The molecule has 12 heavy (non-hydrogen) atoms. The molecule has 0 spiro atoms. The molecule has 66 valence electrons. The van der Waals surface area contributed by atoms with Crippen LogP contribution in [0.5, 0.6) is 0 Å². The summed E-state index contributed by atoms with van der Waals surface area (Å²) in [5.41, 5.74) is 6.51. The topological polar surface area (TPSA) is 49.5 Å². The van der Waals surface area contributed by atoms with Crippen LogP contribution >= 0.6 is 0 Å². The van der Waals surface area contributed by atoms with Crippen molar-refractivity contribution in [3.63, 3.8) is 0 Å². The van der Waals surface area contributed by atoms with Crippen molar-refractivity contribution in [3.05, 3.63) is 35.9 Å². The molecule has 0 amide bonds. The molecule has 3 N–H and O–H groups in total. The third-order valence-electron chi connectivity index (χ3n) is 1.66. The Bertz CT molecular complexity index is 223. The van der Waals surface area contributed by atoms with Crippen LogP contribution in [-0.2, 0) is 6.54 Å². The highest BCUT2D eigenvalue weighted by atomic mass is 16.5. The van der Waals surface area contributed by atoms with Crippen LogP contribution in [0.2, 0.25) is 0 Å². The maximum Gasteiger partial charge on any atom is 0.0791 e. The van der Waals surface area contributed by atoms with Crippen LogP contribution in [0, 0.1) is 0 Å². The van der Waals surface area contributed by atoms with Gasteiger partial charge in [-0.25, -0.2) is 0 Å². The summed E-state index contributed by atoms with van der Waals surface area (Å²) in [6, 6.07) is 9.71. The highest BCUT2D eigenvalue weighted by Crippen LogP contribution is 2.02. The number of hydrogen-bond donors (Lipinski definition) is 2. The van der Waals surface area contributed by atoms with Gasteiger partial charge in [0, 0.05) is 0 Å². The van der Waals surface area contributed by atoms with Gasteiger partial charge in [0.25, 0.3) is 0 Å². The first kappa shape index (κ1) is 9.19. The minimum atomic E-state index is -0.329. The van der Waals surface area contributed by atoms with Gasteiger partial charge in [0.05, 0.1) is 12.7 Å². The van der Waals surface area contributed by atoms with Gasteiger partial charge in [-0.1, -0.05) is 30.3 Å².